The molecule has 0 fully saturated rings. The first-order chi connectivity index (χ1) is 7.18. The second-order valence-electron chi connectivity index (χ2n) is 3.95. The molecule has 1 amide bonds. The van der Waals surface area contributed by atoms with E-state index in [4.69, 9.17) is 0 Å². The molecule has 15 heavy (non-hydrogen) atoms. The van der Waals surface area contributed by atoms with Crippen molar-refractivity contribution in [3.05, 3.63) is 23.4 Å². The Hall–Kier alpha value is -1.58. The zero-order chi connectivity index (χ0) is 10.8. The number of anilines is 1. The van der Waals surface area contributed by atoms with Crippen molar-refractivity contribution in [3.8, 4) is 0 Å². The summed E-state index contributed by atoms with van der Waals surface area (Å²) in [6, 6.07) is 0. The molecule has 2 N–H and O–H groups in total. The van der Waals surface area contributed by atoms with Crippen LogP contribution in [0.15, 0.2) is 12.2 Å². The molecule has 0 aromatic carbocycles. The molecule has 2 rings (SSSR count). The number of amides is 1. The summed E-state index contributed by atoms with van der Waals surface area (Å²) in [5, 5.41) is 9.75. The Morgan fingerprint density at radius 1 is 1.47 bits per heavy atom. The molecule has 0 bridgehead atoms. The lowest BCUT2D eigenvalue weighted by atomic mass is 10.1. The minimum absolute atomic E-state index is 0.0644. The van der Waals surface area contributed by atoms with Gasteiger partial charge in [0.05, 0.1) is 0 Å². The third-order valence-electron chi connectivity index (χ3n) is 2.87. The summed E-state index contributed by atoms with van der Waals surface area (Å²) in [6.45, 7) is 3.89. The van der Waals surface area contributed by atoms with Crippen molar-refractivity contribution in [2.45, 2.75) is 26.7 Å². The Bertz CT molecular complexity index is 398. The molecule has 1 aromatic rings. The fourth-order valence-corrected chi connectivity index (χ4v) is 1.66. The van der Waals surface area contributed by atoms with Crippen molar-refractivity contribution in [2.75, 3.05) is 5.32 Å². The number of carbonyl (C=O) groups is 1. The topological polar surface area (TPSA) is 57.8 Å². The number of aryl methyl sites for hydroxylation is 1. The third kappa shape index (κ3) is 1.93. The fourth-order valence-electron chi connectivity index (χ4n) is 1.66. The summed E-state index contributed by atoms with van der Waals surface area (Å²) in [5.41, 5.74) is 2.00. The van der Waals surface area contributed by atoms with E-state index in [-0.39, 0.29) is 11.8 Å². The van der Waals surface area contributed by atoms with Crippen molar-refractivity contribution in [1.82, 2.24) is 10.2 Å². The lowest BCUT2D eigenvalue weighted by Gasteiger charge is -2.08. The van der Waals surface area contributed by atoms with E-state index in [0.29, 0.717) is 5.82 Å². The van der Waals surface area contributed by atoms with E-state index in [2.05, 4.69) is 15.5 Å². The van der Waals surface area contributed by atoms with E-state index in [0.717, 1.165) is 24.1 Å². The molecule has 0 aliphatic heterocycles. The normalized spacial score (nSPS) is 15.9. The van der Waals surface area contributed by atoms with Gasteiger partial charge in [-0.2, -0.15) is 5.10 Å². The first kappa shape index (κ1) is 9.96. The van der Waals surface area contributed by atoms with Crippen LogP contribution in [0, 0.1) is 19.8 Å². The van der Waals surface area contributed by atoms with Crippen LogP contribution in [0.4, 0.5) is 5.82 Å². The fraction of sp³-hybridized carbons (Fsp3) is 0.455. The smallest absolute Gasteiger partial charge is 0.229 e. The van der Waals surface area contributed by atoms with Gasteiger partial charge < -0.3 is 5.32 Å². The van der Waals surface area contributed by atoms with Gasteiger partial charge in [-0.1, -0.05) is 12.2 Å². The quantitative estimate of drug-likeness (QED) is 0.725. The second kappa shape index (κ2) is 3.88. The predicted molar refractivity (Wildman–Crippen MR) is 58.6 cm³/mol. The summed E-state index contributed by atoms with van der Waals surface area (Å²) in [6.07, 6.45) is 5.78. The standard InChI is InChI=1S/C11H15N3O/c1-7-8(2)13-14-10(7)12-11(15)9-5-3-4-6-9/h3-4,9H,5-6H2,1-2H3,(H2,12,13,14,15). The maximum absolute atomic E-state index is 11.8. The van der Waals surface area contributed by atoms with Crippen LogP contribution in [-0.2, 0) is 4.79 Å². The van der Waals surface area contributed by atoms with E-state index < -0.39 is 0 Å². The van der Waals surface area contributed by atoms with Crippen LogP contribution in [-0.4, -0.2) is 16.1 Å². The number of nitrogens with one attached hydrogen (secondary N) is 2. The highest BCUT2D eigenvalue weighted by Gasteiger charge is 2.20. The number of aromatic nitrogens is 2. The van der Waals surface area contributed by atoms with Crippen LogP contribution in [0.3, 0.4) is 0 Å². The molecule has 1 aliphatic rings. The first-order valence-corrected chi connectivity index (χ1v) is 5.16. The summed E-state index contributed by atoms with van der Waals surface area (Å²) in [4.78, 5) is 11.8. The lowest BCUT2D eigenvalue weighted by Crippen LogP contribution is -2.21. The number of hydrogen-bond donors (Lipinski definition) is 2. The van der Waals surface area contributed by atoms with Crippen LogP contribution in [0.25, 0.3) is 0 Å². The molecule has 1 aliphatic carbocycles. The monoisotopic (exact) mass is 205 g/mol. The second-order valence-corrected chi connectivity index (χ2v) is 3.95. The average molecular weight is 205 g/mol. The van der Waals surface area contributed by atoms with Gasteiger partial charge in [-0.15, -0.1) is 0 Å². The molecule has 0 spiro atoms. The van der Waals surface area contributed by atoms with Crippen LogP contribution in [0.2, 0.25) is 0 Å². The van der Waals surface area contributed by atoms with Crippen molar-refractivity contribution in [1.29, 1.82) is 0 Å². The van der Waals surface area contributed by atoms with Crippen LogP contribution in [0.1, 0.15) is 24.1 Å². The molecule has 0 unspecified atom stereocenters. The molecule has 1 aromatic heterocycles. The van der Waals surface area contributed by atoms with Gasteiger partial charge in [-0.05, 0) is 26.7 Å². The molecule has 4 nitrogen and oxygen atoms in total. The van der Waals surface area contributed by atoms with Gasteiger partial charge in [0.15, 0.2) is 5.82 Å². The summed E-state index contributed by atoms with van der Waals surface area (Å²) in [7, 11) is 0. The van der Waals surface area contributed by atoms with E-state index in [1.807, 2.05) is 26.0 Å². The highest BCUT2D eigenvalue weighted by atomic mass is 16.1. The highest BCUT2D eigenvalue weighted by Crippen LogP contribution is 2.21. The Balaban J connectivity index is 2.02. The number of rotatable bonds is 2. The number of nitrogens with zero attached hydrogens (tertiary/aromatic N) is 1. The molecule has 0 radical (unpaired) electrons. The highest BCUT2D eigenvalue weighted by molar-refractivity contribution is 5.92. The van der Waals surface area contributed by atoms with Crippen LogP contribution < -0.4 is 5.32 Å². The molecule has 0 saturated heterocycles. The van der Waals surface area contributed by atoms with Gasteiger partial charge in [0.1, 0.15) is 0 Å². The summed E-state index contributed by atoms with van der Waals surface area (Å²) < 4.78 is 0. The van der Waals surface area contributed by atoms with Gasteiger partial charge in [0.2, 0.25) is 5.91 Å². The largest absolute Gasteiger partial charge is 0.309 e. The number of aromatic amines is 1. The van der Waals surface area contributed by atoms with Crippen LogP contribution >= 0.6 is 0 Å². The van der Waals surface area contributed by atoms with Crippen molar-refractivity contribution >= 4 is 11.7 Å². The van der Waals surface area contributed by atoms with E-state index in [9.17, 15) is 4.79 Å². The molecule has 80 valence electrons. The Kier molecular flexibility index (Phi) is 2.58. The third-order valence-corrected chi connectivity index (χ3v) is 2.87. The first-order valence-electron chi connectivity index (χ1n) is 5.16. The lowest BCUT2D eigenvalue weighted by molar-refractivity contribution is -0.119. The molecule has 0 atom stereocenters. The SMILES string of the molecule is Cc1[nH]nc(NC(=O)C2CC=CC2)c1C. The number of H-pyrrole nitrogens is 1. The summed E-state index contributed by atoms with van der Waals surface area (Å²) in [5.74, 6) is 0.806. The zero-order valence-electron chi connectivity index (χ0n) is 9.00. The number of carbonyl (C=O) groups excluding carboxylic acids is 1. The van der Waals surface area contributed by atoms with E-state index in [1.165, 1.54) is 0 Å². The van der Waals surface area contributed by atoms with Gasteiger partial charge in [-0.25, -0.2) is 0 Å². The summed E-state index contributed by atoms with van der Waals surface area (Å²) >= 11 is 0. The molecule has 4 heteroatoms. The van der Waals surface area contributed by atoms with Gasteiger partial charge in [0.25, 0.3) is 0 Å². The average Bonchev–Trinajstić information content (AvgIpc) is 2.83. The van der Waals surface area contributed by atoms with Gasteiger partial charge in [-0.3, -0.25) is 9.89 Å². The minimum Gasteiger partial charge on any atom is -0.309 e. The Morgan fingerprint density at radius 3 is 2.67 bits per heavy atom. The number of hydrogen-bond acceptors (Lipinski definition) is 2. The number of allylic oxidation sites excluding steroid dienone is 2. The van der Waals surface area contributed by atoms with Crippen molar-refractivity contribution in [3.63, 3.8) is 0 Å². The zero-order valence-corrected chi connectivity index (χ0v) is 9.00. The minimum atomic E-state index is 0.0644. The van der Waals surface area contributed by atoms with E-state index in [1.54, 1.807) is 0 Å². The molecule has 1 heterocycles. The maximum Gasteiger partial charge on any atom is 0.229 e. The predicted octanol–water partition coefficient (Wildman–Crippen LogP) is 1.93. The molecule has 0 saturated carbocycles. The van der Waals surface area contributed by atoms with Gasteiger partial charge >= 0.3 is 0 Å². The van der Waals surface area contributed by atoms with Crippen molar-refractivity contribution < 1.29 is 4.79 Å². The van der Waals surface area contributed by atoms with Crippen LogP contribution in [0.5, 0.6) is 0 Å². The maximum atomic E-state index is 11.8. The Morgan fingerprint density at radius 2 is 2.13 bits per heavy atom. The van der Waals surface area contributed by atoms with Crippen molar-refractivity contribution in [2.24, 2.45) is 5.92 Å². The van der Waals surface area contributed by atoms with E-state index >= 15 is 0 Å². The Labute approximate surface area is 88.8 Å². The molecular formula is C11H15N3O. The van der Waals surface area contributed by atoms with Gasteiger partial charge in [0, 0.05) is 17.2 Å². The molecular weight excluding hydrogens is 190 g/mol.